The largest absolute Gasteiger partial charge is 0.472 e. The molecule has 64 heavy (non-hydrogen) atoms. The number of rotatable bonds is 28. The molecular weight excluding hydrogens is 934 g/mol. The number of phosphoric ester groups is 4. The van der Waals surface area contributed by atoms with Crippen LogP contribution in [0.4, 0.5) is 0 Å². The summed E-state index contributed by atoms with van der Waals surface area (Å²) in [4.78, 5) is 91.8. The van der Waals surface area contributed by atoms with Crippen LogP contribution in [0.1, 0.15) is 117 Å². The zero-order chi connectivity index (χ0) is 47.5. The number of unbranched alkanes of at least 4 members (excludes halogenated alkanes) is 12. The highest BCUT2D eigenvalue weighted by atomic mass is 31.2. The van der Waals surface area contributed by atoms with E-state index in [1.54, 1.807) is 6.92 Å². The minimum atomic E-state index is -5.81. The fourth-order valence-corrected chi connectivity index (χ4v) is 8.32. The first-order chi connectivity index (χ1) is 29.5. The van der Waals surface area contributed by atoms with Crippen LogP contribution >= 0.6 is 31.3 Å². The second-order valence-electron chi connectivity index (χ2n) is 13.6. The van der Waals surface area contributed by atoms with Crippen molar-refractivity contribution in [1.82, 2.24) is 6.15 Å². The van der Waals surface area contributed by atoms with Gasteiger partial charge in [-0.3, -0.25) is 27.4 Å². The maximum Gasteiger partial charge on any atom is 0.472 e. The molecule has 0 bridgehead atoms. The summed E-state index contributed by atoms with van der Waals surface area (Å²) in [7, 11) is -23.1. The SMILES string of the molecule is CC#CC#CC#CC#CC#CC(=O)OC[C@H](COP(=O)(O)OC1C(O)[C@@H](OP(=O)(O)O)C(OP(=O)(O)O)[C@@H](OP(=O)(O)O)[C@H]1O)OC(=O)CCCCCCCCCCCCCCC.N.[HH].[HH].[HH].[HH].[HH].[HH].[HH].[HH].[HH]. The predicted molar refractivity (Wildman–Crippen MR) is 243 cm³/mol. The van der Waals surface area contributed by atoms with Gasteiger partial charge in [-0.1, -0.05) is 89.9 Å². The molecule has 23 nitrogen and oxygen atoms in total. The second kappa shape index (κ2) is 31.9. The molecule has 8 atom stereocenters. The van der Waals surface area contributed by atoms with Crippen LogP contribution < -0.4 is 6.15 Å². The van der Waals surface area contributed by atoms with Gasteiger partial charge in [0, 0.05) is 25.2 Å². The fourth-order valence-electron chi connectivity index (χ4n) is 5.66. The molecule has 0 amide bonds. The summed E-state index contributed by atoms with van der Waals surface area (Å²) in [5.41, 5.74) is 0. The molecule has 0 aliphatic heterocycles. The van der Waals surface area contributed by atoms with Gasteiger partial charge in [-0.05, 0) is 60.7 Å². The van der Waals surface area contributed by atoms with E-state index in [0.717, 1.165) is 32.1 Å². The van der Waals surface area contributed by atoms with E-state index in [1.165, 1.54) is 38.5 Å². The van der Waals surface area contributed by atoms with Crippen LogP contribution in [0.5, 0.6) is 0 Å². The molecule has 27 heteroatoms. The van der Waals surface area contributed by atoms with Crippen LogP contribution in [0.25, 0.3) is 0 Å². The number of aliphatic hydroxyl groups excluding tert-OH is 2. The zero-order valence-corrected chi connectivity index (χ0v) is 38.8. The van der Waals surface area contributed by atoms with Gasteiger partial charge in [0.1, 0.15) is 43.2 Å². The maximum absolute atomic E-state index is 13.1. The number of hydrogen-bond acceptors (Lipinski definition) is 16. The molecule has 4 unspecified atom stereocenters. The van der Waals surface area contributed by atoms with Crippen molar-refractivity contribution in [3.05, 3.63) is 0 Å². The standard InChI is InChI=1S/C37H54O22P4.H3N.9H2/c1-3-5-7-9-11-13-14-15-16-18-20-22-24-26-31(39)55-29(27-53-30(38)25-23-21-19-17-12-10-8-6-4-2)28-54-63(51,52)59-34-32(40)35(56-60(42,43)44)37(58-62(48,49)50)36(33(34)41)57-61(45,46)47;;;;;;;;;;/h29,32-37,40-41H,3,5,7,9,11,13-16,18,20,22,24,26-28H2,1-2H3,(H,51,52)(H2,42,43,44)(H2,45,46,47)(H2,48,49,50);1H3;9*1H/t29-,32+,33?,34?,35+,36-,37?;;;;;;;;;;/m1........../s1. The molecular formula is C37H75NO22P4. The molecule has 0 spiro atoms. The molecule has 12 N–H and O–H groups in total. The predicted octanol–water partition coefficient (Wildman–Crippen LogP) is 5.01. The van der Waals surface area contributed by atoms with Crippen molar-refractivity contribution in [3.8, 4) is 59.2 Å². The molecule has 0 aromatic rings. The monoisotopic (exact) mass is 1010 g/mol. The first-order valence-electron chi connectivity index (χ1n) is 19.5. The Morgan fingerprint density at radius 3 is 1.41 bits per heavy atom. The molecule has 1 fully saturated rings. The van der Waals surface area contributed by atoms with E-state index in [1.807, 2.05) is 5.92 Å². The lowest BCUT2D eigenvalue weighted by Gasteiger charge is -2.45. The van der Waals surface area contributed by atoms with E-state index in [0.29, 0.717) is 12.8 Å². The number of esters is 2. The Bertz CT molecular complexity index is 1980. The molecule has 0 heterocycles. The summed E-state index contributed by atoms with van der Waals surface area (Å²) in [6.07, 6.45) is -4.89. The highest BCUT2D eigenvalue weighted by Gasteiger charge is 2.59. The molecule has 1 saturated carbocycles. The maximum atomic E-state index is 13.1. The van der Waals surface area contributed by atoms with Crippen molar-refractivity contribution in [1.29, 1.82) is 0 Å². The normalized spacial score (nSPS) is 20.8. The summed E-state index contributed by atoms with van der Waals surface area (Å²) >= 11 is 0. The Balaban J connectivity index is -0.000000496. The van der Waals surface area contributed by atoms with Gasteiger partial charge in [-0.25, -0.2) is 23.1 Å². The number of hydrogen-bond donors (Lipinski definition) is 10. The van der Waals surface area contributed by atoms with E-state index < -0.39 is 99.2 Å². The summed E-state index contributed by atoms with van der Waals surface area (Å²) in [6, 6.07) is 0. The van der Waals surface area contributed by atoms with E-state index in [-0.39, 0.29) is 25.4 Å². The molecule has 0 radical (unpaired) electrons. The lowest BCUT2D eigenvalue weighted by Crippen LogP contribution is -2.65. The van der Waals surface area contributed by atoms with Crippen LogP contribution in [0.2, 0.25) is 0 Å². The lowest BCUT2D eigenvalue weighted by atomic mass is 9.85. The van der Waals surface area contributed by atoms with Crippen LogP contribution in [0.3, 0.4) is 0 Å². The fraction of sp³-hybridized carbons (Fsp3) is 0.676. The summed E-state index contributed by atoms with van der Waals surface area (Å²) in [5, 5.41) is 21.7. The van der Waals surface area contributed by atoms with Crippen molar-refractivity contribution >= 4 is 43.2 Å². The summed E-state index contributed by atoms with van der Waals surface area (Å²) in [6.45, 7) is 1.80. The first-order valence-corrected chi connectivity index (χ1v) is 25.6. The molecule has 380 valence electrons. The Morgan fingerprint density at radius 2 is 0.969 bits per heavy atom. The smallest absolute Gasteiger partial charge is 0.456 e. The third-order valence-electron chi connectivity index (χ3n) is 8.36. The van der Waals surface area contributed by atoms with E-state index in [4.69, 9.17) is 18.5 Å². The van der Waals surface area contributed by atoms with Gasteiger partial charge in [0.2, 0.25) is 0 Å². The Labute approximate surface area is 385 Å². The Morgan fingerprint density at radius 1 is 0.562 bits per heavy atom. The van der Waals surface area contributed by atoms with Crippen LogP contribution in [-0.4, -0.2) is 112 Å². The molecule has 1 rings (SSSR count). The highest BCUT2D eigenvalue weighted by Crippen LogP contribution is 2.53. The molecule has 0 aromatic heterocycles. The average Bonchev–Trinajstić information content (AvgIpc) is 3.17. The minimum Gasteiger partial charge on any atom is -0.456 e. The van der Waals surface area contributed by atoms with Crippen molar-refractivity contribution in [2.75, 3.05) is 13.2 Å². The molecule has 1 aliphatic carbocycles. The quantitative estimate of drug-likeness (QED) is 0.0162. The van der Waals surface area contributed by atoms with Crippen molar-refractivity contribution < 1.29 is 117 Å². The summed E-state index contributed by atoms with van der Waals surface area (Å²) < 4.78 is 81.0. The molecule has 0 aromatic carbocycles. The van der Waals surface area contributed by atoms with Crippen LogP contribution in [-0.2, 0) is 59.9 Å². The van der Waals surface area contributed by atoms with Crippen LogP contribution in [0, 0.1) is 59.2 Å². The van der Waals surface area contributed by atoms with Crippen molar-refractivity contribution in [3.63, 3.8) is 0 Å². The van der Waals surface area contributed by atoms with Gasteiger partial charge in [-0.15, -0.1) is 0 Å². The van der Waals surface area contributed by atoms with Crippen molar-refractivity contribution in [2.45, 2.75) is 146 Å². The minimum absolute atomic E-state index is 0. The molecule has 0 saturated heterocycles. The number of ether oxygens (including phenoxy) is 2. The summed E-state index contributed by atoms with van der Waals surface area (Å²) in [5.74, 6) is 21.2. The number of carbonyl (C=O) groups excluding carboxylic acids is 2. The Kier molecular flexibility index (Phi) is 30.4. The second-order valence-corrected chi connectivity index (χ2v) is 18.6. The topological polar surface area (TPSA) is 384 Å². The van der Waals surface area contributed by atoms with Gasteiger partial charge >= 0.3 is 43.2 Å². The van der Waals surface area contributed by atoms with Crippen molar-refractivity contribution in [2.24, 2.45) is 0 Å². The van der Waals surface area contributed by atoms with E-state index in [2.05, 4.69) is 73.8 Å². The van der Waals surface area contributed by atoms with Gasteiger partial charge in [0.15, 0.2) is 6.10 Å². The van der Waals surface area contributed by atoms with E-state index >= 15 is 0 Å². The van der Waals surface area contributed by atoms with Gasteiger partial charge < -0.3 is 60.1 Å². The van der Waals surface area contributed by atoms with Gasteiger partial charge in [0.05, 0.1) is 6.61 Å². The molecule has 1 aliphatic rings. The number of carbonyl (C=O) groups is 2. The average molecular weight is 1010 g/mol. The van der Waals surface area contributed by atoms with Crippen LogP contribution in [0.15, 0.2) is 0 Å². The lowest BCUT2D eigenvalue weighted by molar-refractivity contribution is -0.209. The first kappa shape index (κ1) is 61.1. The Hall–Kier alpha value is -2.94. The highest BCUT2D eigenvalue weighted by molar-refractivity contribution is 7.47. The van der Waals surface area contributed by atoms with Gasteiger partial charge in [-0.2, -0.15) is 0 Å². The van der Waals surface area contributed by atoms with E-state index in [9.17, 15) is 72.3 Å². The zero-order valence-electron chi connectivity index (χ0n) is 35.2. The number of phosphoric acid groups is 4. The third-order valence-corrected chi connectivity index (χ3v) is 10.9. The van der Waals surface area contributed by atoms with Gasteiger partial charge in [0.25, 0.3) is 0 Å². The third kappa shape index (κ3) is 29.6. The number of aliphatic hydroxyl groups is 2.